The monoisotopic (exact) mass is 297 g/mol. The van der Waals surface area contributed by atoms with E-state index in [4.69, 9.17) is 9.52 Å². The second kappa shape index (κ2) is 5.38. The van der Waals surface area contributed by atoms with Gasteiger partial charge in [-0.1, -0.05) is 32.5 Å². The van der Waals surface area contributed by atoms with Crippen LogP contribution in [0.2, 0.25) is 0 Å². The van der Waals surface area contributed by atoms with E-state index >= 15 is 0 Å². The quantitative estimate of drug-likeness (QED) is 0.880. The Balaban J connectivity index is 2.04. The Morgan fingerprint density at radius 1 is 1.47 bits per heavy atom. The molecule has 0 atom stereocenters. The van der Waals surface area contributed by atoms with Crippen molar-refractivity contribution < 1.29 is 9.52 Å². The van der Waals surface area contributed by atoms with Crippen molar-refractivity contribution in [3.8, 4) is 5.75 Å². The molecule has 2 aromatic rings. The second-order valence-corrected chi connectivity index (χ2v) is 7.38. The van der Waals surface area contributed by atoms with E-state index in [1.165, 1.54) is 22.7 Å². The highest BCUT2D eigenvalue weighted by atomic mass is 32.2. The minimum atomic E-state index is -0.420. The van der Waals surface area contributed by atoms with Gasteiger partial charge in [-0.3, -0.25) is 4.79 Å². The van der Waals surface area contributed by atoms with Crippen LogP contribution in [0.5, 0.6) is 5.75 Å². The van der Waals surface area contributed by atoms with Crippen LogP contribution in [0.1, 0.15) is 31.4 Å². The van der Waals surface area contributed by atoms with Crippen molar-refractivity contribution in [2.24, 2.45) is 0 Å². The first-order chi connectivity index (χ1) is 8.86. The maximum Gasteiger partial charge on any atom is 0.226 e. The number of aromatic hydroxyl groups is 1. The molecule has 0 fully saturated rings. The Morgan fingerprint density at radius 2 is 2.21 bits per heavy atom. The van der Waals surface area contributed by atoms with E-state index in [0.29, 0.717) is 11.5 Å². The lowest BCUT2D eigenvalue weighted by atomic mass is 9.96. The molecular formula is C13H15NO3S2. The first-order valence-electron chi connectivity index (χ1n) is 5.76. The van der Waals surface area contributed by atoms with Crippen LogP contribution in [-0.2, 0) is 11.2 Å². The van der Waals surface area contributed by atoms with Crippen molar-refractivity contribution in [2.45, 2.75) is 36.3 Å². The number of aromatic nitrogens is 1. The summed E-state index contributed by atoms with van der Waals surface area (Å²) in [6.45, 7) is 6.44. The molecule has 2 heterocycles. The molecule has 0 aliphatic rings. The topological polar surface area (TPSA) is 63.3 Å². The zero-order valence-electron chi connectivity index (χ0n) is 11.0. The van der Waals surface area contributed by atoms with Crippen LogP contribution >= 0.6 is 23.1 Å². The number of rotatable bonds is 3. The molecule has 0 spiro atoms. The third-order valence-corrected chi connectivity index (χ3v) is 5.03. The molecule has 0 amide bonds. The molecule has 0 radical (unpaired) electrons. The van der Waals surface area contributed by atoms with E-state index in [1.54, 1.807) is 11.3 Å². The van der Waals surface area contributed by atoms with E-state index in [-0.39, 0.29) is 11.2 Å². The molecule has 0 unspecified atom stereocenters. The summed E-state index contributed by atoms with van der Waals surface area (Å²) in [5.41, 5.74) is -0.321. The Morgan fingerprint density at radius 3 is 2.79 bits per heavy atom. The highest BCUT2D eigenvalue weighted by molar-refractivity contribution is 8.00. The van der Waals surface area contributed by atoms with Crippen LogP contribution in [-0.4, -0.2) is 10.1 Å². The van der Waals surface area contributed by atoms with Crippen LogP contribution in [0, 0.1) is 0 Å². The van der Waals surface area contributed by atoms with Gasteiger partial charge in [0.25, 0.3) is 0 Å². The Hall–Kier alpha value is -1.27. The van der Waals surface area contributed by atoms with Crippen molar-refractivity contribution in [3.05, 3.63) is 39.4 Å². The van der Waals surface area contributed by atoms with Crippen LogP contribution in [0.25, 0.3) is 0 Å². The zero-order valence-corrected chi connectivity index (χ0v) is 12.6. The Labute approximate surface area is 119 Å². The molecule has 0 saturated heterocycles. The SMILES string of the molecule is CC(C)(C)c1cnc(SCc2cc(=O)c(O)co2)s1. The average Bonchev–Trinajstić information content (AvgIpc) is 2.79. The number of hydrogen-bond donors (Lipinski definition) is 1. The van der Waals surface area contributed by atoms with Gasteiger partial charge in [0.05, 0.1) is 5.75 Å². The van der Waals surface area contributed by atoms with Gasteiger partial charge in [0.1, 0.15) is 16.4 Å². The molecule has 6 heteroatoms. The molecular weight excluding hydrogens is 282 g/mol. The molecule has 2 rings (SSSR count). The summed E-state index contributed by atoms with van der Waals surface area (Å²) >= 11 is 3.17. The van der Waals surface area contributed by atoms with E-state index in [0.717, 1.165) is 10.6 Å². The van der Waals surface area contributed by atoms with Crippen molar-refractivity contribution in [1.82, 2.24) is 4.98 Å². The maximum absolute atomic E-state index is 11.3. The Kier molecular flexibility index (Phi) is 4.01. The molecule has 19 heavy (non-hydrogen) atoms. The minimum absolute atomic E-state index is 0.0988. The first kappa shape index (κ1) is 14.1. The lowest BCUT2D eigenvalue weighted by Gasteiger charge is -2.14. The van der Waals surface area contributed by atoms with Crippen molar-refractivity contribution in [2.75, 3.05) is 0 Å². The summed E-state index contributed by atoms with van der Waals surface area (Å²) in [7, 11) is 0. The van der Waals surface area contributed by atoms with Gasteiger partial charge < -0.3 is 9.52 Å². The highest BCUT2D eigenvalue weighted by Gasteiger charge is 2.17. The van der Waals surface area contributed by atoms with E-state index in [1.807, 2.05) is 6.20 Å². The van der Waals surface area contributed by atoms with Crippen molar-refractivity contribution in [3.63, 3.8) is 0 Å². The molecule has 0 saturated carbocycles. The van der Waals surface area contributed by atoms with Crippen molar-refractivity contribution >= 4 is 23.1 Å². The third kappa shape index (κ3) is 3.61. The number of hydrogen-bond acceptors (Lipinski definition) is 6. The average molecular weight is 297 g/mol. The van der Waals surface area contributed by atoms with E-state index < -0.39 is 5.43 Å². The van der Waals surface area contributed by atoms with E-state index in [9.17, 15) is 4.79 Å². The van der Waals surface area contributed by atoms with Crippen molar-refractivity contribution in [1.29, 1.82) is 0 Å². The molecule has 0 aromatic carbocycles. The molecule has 0 bridgehead atoms. The van der Waals surface area contributed by atoms with Gasteiger partial charge in [-0.25, -0.2) is 4.98 Å². The van der Waals surface area contributed by atoms with Gasteiger partial charge in [0.15, 0.2) is 5.75 Å². The summed E-state index contributed by atoms with van der Waals surface area (Å²) in [6.07, 6.45) is 2.96. The third-order valence-electron chi connectivity index (χ3n) is 2.43. The number of nitrogens with zero attached hydrogens (tertiary/aromatic N) is 1. The Bertz CT molecular complexity index is 625. The van der Waals surface area contributed by atoms with Gasteiger partial charge in [-0.15, -0.1) is 11.3 Å². The largest absolute Gasteiger partial charge is 0.502 e. The highest BCUT2D eigenvalue weighted by Crippen LogP contribution is 2.33. The van der Waals surface area contributed by atoms with Gasteiger partial charge in [-0.2, -0.15) is 0 Å². The van der Waals surface area contributed by atoms with Gasteiger partial charge in [0.2, 0.25) is 5.43 Å². The number of thioether (sulfide) groups is 1. The van der Waals surface area contributed by atoms with Gasteiger partial charge in [-0.05, 0) is 5.41 Å². The number of thiazole rings is 1. The molecule has 1 N–H and O–H groups in total. The minimum Gasteiger partial charge on any atom is -0.502 e. The van der Waals surface area contributed by atoms with Crippen LogP contribution in [0.15, 0.2) is 32.1 Å². The molecule has 0 aliphatic heterocycles. The summed E-state index contributed by atoms with van der Waals surface area (Å²) in [5, 5.41) is 9.10. The predicted octanol–water partition coefficient (Wildman–Crippen LogP) is 3.39. The second-order valence-electron chi connectivity index (χ2n) is 5.12. The van der Waals surface area contributed by atoms with Crippen LogP contribution in [0.4, 0.5) is 0 Å². The normalized spacial score (nSPS) is 11.7. The molecule has 102 valence electrons. The molecule has 2 aromatic heterocycles. The van der Waals surface area contributed by atoms with Crippen LogP contribution in [0.3, 0.4) is 0 Å². The lowest BCUT2D eigenvalue weighted by molar-refractivity contribution is 0.419. The fourth-order valence-electron chi connectivity index (χ4n) is 1.32. The summed E-state index contributed by atoms with van der Waals surface area (Å²) in [6, 6.07) is 1.31. The standard InChI is InChI=1S/C13H15NO3S2/c1-13(2,3)11-5-14-12(19-11)18-7-8-4-9(15)10(16)6-17-8/h4-6,16H,7H2,1-3H3. The van der Waals surface area contributed by atoms with Gasteiger partial charge >= 0.3 is 0 Å². The fraction of sp³-hybridized carbons (Fsp3) is 0.385. The molecule has 0 aliphatic carbocycles. The lowest BCUT2D eigenvalue weighted by Crippen LogP contribution is -2.07. The maximum atomic E-state index is 11.3. The zero-order chi connectivity index (χ0) is 14.0. The smallest absolute Gasteiger partial charge is 0.226 e. The first-order valence-corrected chi connectivity index (χ1v) is 7.56. The summed E-state index contributed by atoms with van der Waals surface area (Å²) < 4.78 is 6.09. The fourth-order valence-corrected chi connectivity index (χ4v) is 3.26. The van der Waals surface area contributed by atoms with E-state index in [2.05, 4.69) is 25.8 Å². The summed E-state index contributed by atoms with van der Waals surface area (Å²) in [5.74, 6) is 0.686. The van der Waals surface area contributed by atoms with Crippen LogP contribution < -0.4 is 5.43 Å². The van der Waals surface area contributed by atoms with Gasteiger partial charge in [0, 0.05) is 17.1 Å². The summed E-state index contributed by atoms with van der Waals surface area (Å²) in [4.78, 5) is 16.8. The molecule has 4 nitrogen and oxygen atoms in total. The predicted molar refractivity (Wildman–Crippen MR) is 77.0 cm³/mol.